The molecule has 0 saturated heterocycles. The van der Waals surface area contributed by atoms with Gasteiger partial charge in [-0.05, 0) is 51.0 Å². The molecule has 21 heavy (non-hydrogen) atoms. The molecule has 5 nitrogen and oxygen atoms in total. The van der Waals surface area contributed by atoms with Gasteiger partial charge in [-0.25, -0.2) is 8.42 Å². The summed E-state index contributed by atoms with van der Waals surface area (Å²) in [5, 5.41) is 3.36. The Labute approximate surface area is 128 Å². The van der Waals surface area contributed by atoms with Gasteiger partial charge in [-0.2, -0.15) is 0 Å². The van der Waals surface area contributed by atoms with Crippen molar-refractivity contribution in [1.29, 1.82) is 0 Å². The first kappa shape index (κ1) is 18.4. The Bertz CT molecular complexity index is 429. The van der Waals surface area contributed by atoms with Crippen molar-refractivity contribution in [2.24, 2.45) is 5.41 Å². The van der Waals surface area contributed by atoms with E-state index in [9.17, 15) is 13.2 Å². The first-order valence-electron chi connectivity index (χ1n) is 7.83. The van der Waals surface area contributed by atoms with Crippen LogP contribution in [0, 0.1) is 5.41 Å². The van der Waals surface area contributed by atoms with E-state index in [-0.39, 0.29) is 29.3 Å². The van der Waals surface area contributed by atoms with E-state index in [1.54, 1.807) is 0 Å². The van der Waals surface area contributed by atoms with Crippen molar-refractivity contribution in [2.75, 3.05) is 25.2 Å². The normalized spacial score (nSPS) is 18.2. The zero-order valence-electron chi connectivity index (χ0n) is 13.5. The van der Waals surface area contributed by atoms with E-state index >= 15 is 0 Å². The second-order valence-corrected chi connectivity index (χ2v) is 8.53. The fourth-order valence-electron chi connectivity index (χ4n) is 2.57. The molecule has 0 amide bonds. The zero-order valence-corrected chi connectivity index (χ0v) is 14.3. The topological polar surface area (TPSA) is 72.5 Å². The standard InChI is InChI=1S/C15H29NO4S/c1-4-9-16-13(2)6-5-10-21(18,19)12-15(7-8-15)11-14(17)20-3/h13,16H,4-12H2,1-3H3. The Kier molecular flexibility index (Phi) is 7.13. The van der Waals surface area contributed by atoms with Crippen molar-refractivity contribution in [3.63, 3.8) is 0 Å². The highest BCUT2D eigenvalue weighted by molar-refractivity contribution is 7.91. The highest BCUT2D eigenvalue weighted by atomic mass is 32.2. The van der Waals surface area contributed by atoms with E-state index < -0.39 is 9.84 Å². The molecule has 0 aromatic carbocycles. The molecule has 0 radical (unpaired) electrons. The number of hydrogen-bond acceptors (Lipinski definition) is 5. The van der Waals surface area contributed by atoms with Gasteiger partial charge in [0.05, 0.1) is 25.0 Å². The minimum absolute atomic E-state index is 0.131. The molecule has 0 bridgehead atoms. The maximum Gasteiger partial charge on any atom is 0.306 e. The number of rotatable bonds is 11. The average molecular weight is 319 g/mol. The van der Waals surface area contributed by atoms with Crippen LogP contribution in [-0.4, -0.2) is 45.6 Å². The van der Waals surface area contributed by atoms with Crippen molar-refractivity contribution < 1.29 is 17.9 Å². The Morgan fingerprint density at radius 3 is 2.57 bits per heavy atom. The maximum absolute atomic E-state index is 12.2. The van der Waals surface area contributed by atoms with E-state index in [0.29, 0.717) is 12.5 Å². The SMILES string of the molecule is CCCNC(C)CCCS(=O)(=O)CC1(CC(=O)OC)CC1. The van der Waals surface area contributed by atoms with Crippen LogP contribution >= 0.6 is 0 Å². The molecular weight excluding hydrogens is 290 g/mol. The molecule has 1 N–H and O–H groups in total. The van der Waals surface area contributed by atoms with Crippen LogP contribution in [0.25, 0.3) is 0 Å². The smallest absolute Gasteiger partial charge is 0.306 e. The number of methoxy groups -OCH3 is 1. The van der Waals surface area contributed by atoms with Crippen LogP contribution in [0.3, 0.4) is 0 Å². The summed E-state index contributed by atoms with van der Waals surface area (Å²) >= 11 is 0. The predicted molar refractivity (Wildman–Crippen MR) is 83.9 cm³/mol. The molecule has 1 fully saturated rings. The van der Waals surface area contributed by atoms with Gasteiger partial charge in [-0.1, -0.05) is 6.92 Å². The minimum atomic E-state index is -3.08. The first-order chi connectivity index (χ1) is 9.82. The first-order valence-corrected chi connectivity index (χ1v) is 9.65. The van der Waals surface area contributed by atoms with Gasteiger partial charge in [0, 0.05) is 6.04 Å². The molecule has 0 aliphatic heterocycles. The van der Waals surface area contributed by atoms with E-state index in [2.05, 4.69) is 23.9 Å². The van der Waals surface area contributed by atoms with Crippen LogP contribution in [0.1, 0.15) is 52.4 Å². The summed E-state index contributed by atoms with van der Waals surface area (Å²) < 4.78 is 29.0. The van der Waals surface area contributed by atoms with E-state index in [4.69, 9.17) is 0 Å². The minimum Gasteiger partial charge on any atom is -0.469 e. The summed E-state index contributed by atoms with van der Waals surface area (Å²) in [5.74, 6) is 0.0417. The van der Waals surface area contributed by atoms with Crippen molar-refractivity contribution >= 4 is 15.8 Å². The van der Waals surface area contributed by atoms with Crippen molar-refractivity contribution in [3.8, 4) is 0 Å². The highest BCUT2D eigenvalue weighted by Crippen LogP contribution is 2.50. The lowest BCUT2D eigenvalue weighted by atomic mass is 10.1. The summed E-state index contributed by atoms with van der Waals surface area (Å²) in [6, 6.07) is 0.352. The van der Waals surface area contributed by atoms with Crippen molar-refractivity contribution in [3.05, 3.63) is 0 Å². The second-order valence-electron chi connectivity index (χ2n) is 6.34. The van der Waals surface area contributed by atoms with E-state index in [1.807, 2.05) is 0 Å². The largest absolute Gasteiger partial charge is 0.469 e. The molecule has 1 aliphatic rings. The van der Waals surface area contributed by atoms with Crippen LogP contribution < -0.4 is 5.32 Å². The van der Waals surface area contributed by atoms with Gasteiger partial charge in [-0.3, -0.25) is 4.79 Å². The molecule has 1 unspecified atom stereocenters. The van der Waals surface area contributed by atoms with Gasteiger partial charge >= 0.3 is 5.97 Å². The average Bonchev–Trinajstić information content (AvgIpc) is 3.14. The lowest BCUT2D eigenvalue weighted by Gasteiger charge is -2.15. The monoisotopic (exact) mass is 319 g/mol. The Morgan fingerprint density at radius 1 is 1.38 bits per heavy atom. The molecule has 1 rings (SSSR count). The van der Waals surface area contributed by atoms with Crippen molar-refractivity contribution in [1.82, 2.24) is 5.32 Å². The second kappa shape index (κ2) is 8.13. The Balaban J connectivity index is 2.32. The quantitative estimate of drug-likeness (QED) is 0.589. The van der Waals surface area contributed by atoms with Crippen LogP contribution in [0.4, 0.5) is 0 Å². The predicted octanol–water partition coefficient (Wildman–Crippen LogP) is 1.91. The maximum atomic E-state index is 12.2. The van der Waals surface area contributed by atoms with E-state index in [0.717, 1.165) is 32.2 Å². The Hall–Kier alpha value is -0.620. The van der Waals surface area contributed by atoms with Gasteiger partial charge < -0.3 is 10.1 Å². The molecule has 1 saturated carbocycles. The summed E-state index contributed by atoms with van der Waals surface area (Å²) in [7, 11) is -1.74. The number of esters is 1. The Morgan fingerprint density at radius 2 is 2.05 bits per heavy atom. The molecule has 124 valence electrons. The van der Waals surface area contributed by atoms with Gasteiger partial charge in [0.25, 0.3) is 0 Å². The molecule has 0 heterocycles. The molecule has 0 aromatic rings. The lowest BCUT2D eigenvalue weighted by Crippen LogP contribution is -2.28. The van der Waals surface area contributed by atoms with Crippen LogP contribution in [-0.2, 0) is 19.4 Å². The molecule has 1 atom stereocenters. The third-order valence-corrected chi connectivity index (χ3v) is 6.03. The van der Waals surface area contributed by atoms with Gasteiger partial charge in [0.2, 0.25) is 0 Å². The molecule has 0 spiro atoms. The summed E-state index contributed by atoms with van der Waals surface area (Å²) in [6.07, 6.45) is 4.49. The zero-order chi connectivity index (χ0) is 15.9. The van der Waals surface area contributed by atoms with Crippen molar-refractivity contribution in [2.45, 2.75) is 58.4 Å². The van der Waals surface area contributed by atoms with Crippen LogP contribution in [0.5, 0.6) is 0 Å². The van der Waals surface area contributed by atoms with E-state index in [1.165, 1.54) is 7.11 Å². The molecule has 1 aliphatic carbocycles. The summed E-state index contributed by atoms with van der Waals surface area (Å²) in [5.41, 5.74) is -0.335. The number of carbonyl (C=O) groups is 1. The van der Waals surface area contributed by atoms with Crippen LogP contribution in [0.2, 0.25) is 0 Å². The number of ether oxygens (including phenoxy) is 1. The molecular formula is C15H29NO4S. The molecule has 0 aromatic heterocycles. The van der Waals surface area contributed by atoms with Gasteiger partial charge in [0.15, 0.2) is 9.84 Å². The number of carbonyl (C=O) groups excluding carboxylic acids is 1. The van der Waals surface area contributed by atoms with Gasteiger partial charge in [-0.15, -0.1) is 0 Å². The van der Waals surface area contributed by atoms with Gasteiger partial charge in [0.1, 0.15) is 0 Å². The fourth-order valence-corrected chi connectivity index (χ4v) is 4.64. The summed E-state index contributed by atoms with van der Waals surface area (Å²) in [6.45, 7) is 5.17. The third-order valence-electron chi connectivity index (χ3n) is 4.07. The highest BCUT2D eigenvalue weighted by Gasteiger charge is 2.47. The number of hydrogen-bond donors (Lipinski definition) is 1. The lowest BCUT2D eigenvalue weighted by molar-refractivity contribution is -0.141. The summed E-state index contributed by atoms with van der Waals surface area (Å²) in [4.78, 5) is 11.3. The molecule has 6 heteroatoms. The third kappa shape index (κ3) is 7.27. The number of nitrogens with one attached hydrogen (secondary N) is 1. The van der Waals surface area contributed by atoms with Crippen LogP contribution in [0.15, 0.2) is 0 Å². The number of sulfone groups is 1. The fraction of sp³-hybridized carbons (Fsp3) is 0.933.